The van der Waals surface area contributed by atoms with E-state index in [1.807, 2.05) is 0 Å². The van der Waals surface area contributed by atoms with Crippen LogP contribution in [0.4, 0.5) is 36.6 Å². The summed E-state index contributed by atoms with van der Waals surface area (Å²) in [5.41, 5.74) is -5.24. The molecule has 0 aliphatic heterocycles. The van der Waals surface area contributed by atoms with Crippen molar-refractivity contribution in [2.45, 2.75) is 24.9 Å². The number of hydrogen-bond donors (Lipinski definition) is 2. The number of alkyl halides is 6. The summed E-state index contributed by atoms with van der Waals surface area (Å²) in [4.78, 5) is 14.3. The van der Waals surface area contributed by atoms with Gasteiger partial charge in [0.15, 0.2) is 0 Å². The number of benzene rings is 1. The molecule has 0 aliphatic carbocycles. The van der Waals surface area contributed by atoms with Crippen LogP contribution in [0.2, 0.25) is 0 Å². The predicted molar refractivity (Wildman–Crippen MR) is 80.1 cm³/mol. The maximum Gasteiger partial charge on any atom is 0.462 e. The van der Waals surface area contributed by atoms with E-state index in [1.165, 1.54) is 24.4 Å². The van der Waals surface area contributed by atoms with Gasteiger partial charge in [-0.15, -0.1) is 0 Å². The van der Waals surface area contributed by atoms with Crippen molar-refractivity contribution in [3.8, 4) is 0 Å². The lowest BCUT2D eigenvalue weighted by Gasteiger charge is -2.34. The zero-order valence-corrected chi connectivity index (χ0v) is 13.6. The molecule has 27 heavy (non-hydrogen) atoms. The molecule has 4 nitrogen and oxygen atoms in total. The highest BCUT2D eigenvalue weighted by Gasteiger charge is 2.76. The van der Waals surface area contributed by atoms with Crippen LogP contribution in [0.15, 0.2) is 42.5 Å². The maximum atomic E-state index is 13.5. The van der Waals surface area contributed by atoms with Crippen molar-refractivity contribution < 1.29 is 40.5 Å². The van der Waals surface area contributed by atoms with Crippen molar-refractivity contribution >= 4 is 11.7 Å². The molecular formula is C16H13F7N3O+. The van der Waals surface area contributed by atoms with E-state index in [4.69, 9.17) is 0 Å². The van der Waals surface area contributed by atoms with Gasteiger partial charge < -0.3 is 0 Å². The summed E-state index contributed by atoms with van der Waals surface area (Å²) < 4.78 is 94.3. The van der Waals surface area contributed by atoms with Gasteiger partial charge in [0.1, 0.15) is 5.82 Å². The van der Waals surface area contributed by atoms with Gasteiger partial charge in [-0.1, -0.05) is 12.1 Å². The first-order valence-electron chi connectivity index (χ1n) is 7.34. The molecule has 1 aromatic heterocycles. The molecular weight excluding hydrogens is 383 g/mol. The smallest absolute Gasteiger partial charge is 0.296 e. The van der Waals surface area contributed by atoms with E-state index in [9.17, 15) is 35.5 Å². The first-order chi connectivity index (χ1) is 12.4. The summed E-state index contributed by atoms with van der Waals surface area (Å²) in [5, 5.41) is 2.23. The number of aryl methyl sites for hydroxylation is 1. The first kappa shape index (κ1) is 20.5. The molecule has 11 heteroatoms. The molecule has 0 atom stereocenters. The number of aromatic amines is 1. The summed E-state index contributed by atoms with van der Waals surface area (Å²) in [6, 6.07) is 6.85. The van der Waals surface area contributed by atoms with Gasteiger partial charge in [-0.05, 0) is 31.2 Å². The quantitative estimate of drug-likeness (QED) is 0.613. The molecule has 0 aliphatic rings. The lowest BCUT2D eigenvalue weighted by Crippen LogP contribution is -2.72. The highest BCUT2D eigenvalue weighted by atomic mass is 19.4. The average molecular weight is 396 g/mol. The Bertz CT molecular complexity index is 819. The number of hydrogen-bond acceptors (Lipinski definition) is 2. The Morgan fingerprint density at radius 3 is 2.07 bits per heavy atom. The molecule has 1 aromatic carbocycles. The van der Waals surface area contributed by atoms with E-state index in [2.05, 4.69) is 4.98 Å². The highest BCUT2D eigenvalue weighted by Crippen LogP contribution is 2.43. The van der Waals surface area contributed by atoms with Crippen LogP contribution < -0.4 is 15.6 Å². The molecule has 1 heterocycles. The molecule has 0 fully saturated rings. The minimum absolute atomic E-state index is 0.273. The zero-order chi connectivity index (χ0) is 20.5. The number of rotatable bonds is 4. The standard InChI is InChI=1S/C16H12F7N3O/c1-9-4-2-7-12(24-9)25-14(15(18,19)20,16(21,22)23)26-13(27)10-5-3-6-11(17)8-10/h2-8H,1H3,(H,24,25)(H,26,27)/p+1. The molecule has 0 bridgehead atoms. The highest BCUT2D eigenvalue weighted by molar-refractivity contribution is 5.95. The third-order valence-corrected chi connectivity index (χ3v) is 3.50. The lowest BCUT2D eigenvalue weighted by atomic mass is 10.1. The average Bonchev–Trinajstić information content (AvgIpc) is 2.52. The van der Waals surface area contributed by atoms with Crippen LogP contribution in [0.25, 0.3) is 0 Å². The van der Waals surface area contributed by atoms with E-state index < -0.39 is 41.1 Å². The second-order valence-electron chi connectivity index (χ2n) is 5.58. The van der Waals surface area contributed by atoms with Crippen LogP contribution in [0.5, 0.6) is 0 Å². The van der Waals surface area contributed by atoms with Crippen LogP contribution in [0, 0.1) is 12.7 Å². The number of nitrogens with one attached hydrogen (secondary N) is 3. The number of pyridine rings is 1. The lowest BCUT2D eigenvalue weighted by molar-refractivity contribution is -0.376. The van der Waals surface area contributed by atoms with E-state index in [1.54, 1.807) is 0 Å². The Labute approximate surface area is 148 Å². The fourth-order valence-electron chi connectivity index (χ4n) is 2.21. The molecule has 0 spiro atoms. The van der Waals surface area contributed by atoms with Gasteiger partial charge in [0.05, 0.1) is 5.69 Å². The molecule has 0 saturated carbocycles. The van der Waals surface area contributed by atoms with Crippen molar-refractivity contribution in [1.29, 1.82) is 0 Å². The Morgan fingerprint density at radius 1 is 0.963 bits per heavy atom. The van der Waals surface area contributed by atoms with E-state index in [0.717, 1.165) is 29.6 Å². The summed E-state index contributed by atoms with van der Waals surface area (Å²) in [7, 11) is 0. The SMILES string of the molecule is Cc1cccc(NC(NC(=O)c2cccc(F)c2)(C(F)(F)F)C(F)(F)F)[nH+]1. The fraction of sp³-hybridized carbons (Fsp3) is 0.250. The largest absolute Gasteiger partial charge is 0.462 e. The van der Waals surface area contributed by atoms with Crippen LogP contribution in [-0.2, 0) is 0 Å². The van der Waals surface area contributed by atoms with Gasteiger partial charge in [-0.3, -0.25) is 10.1 Å². The number of aromatic nitrogens is 1. The molecule has 2 aromatic rings. The number of anilines is 1. The third-order valence-electron chi connectivity index (χ3n) is 3.50. The molecule has 2 rings (SSSR count). The van der Waals surface area contributed by atoms with Gasteiger partial charge in [0.2, 0.25) is 0 Å². The fourth-order valence-corrected chi connectivity index (χ4v) is 2.21. The Hall–Kier alpha value is -2.85. The minimum atomic E-state index is -5.98. The van der Waals surface area contributed by atoms with E-state index >= 15 is 0 Å². The van der Waals surface area contributed by atoms with E-state index in [-0.39, 0.29) is 5.69 Å². The van der Waals surface area contributed by atoms with Crippen molar-refractivity contribution in [3.05, 3.63) is 59.5 Å². The monoisotopic (exact) mass is 396 g/mol. The second kappa shape index (κ2) is 7.05. The van der Waals surface area contributed by atoms with Gasteiger partial charge >= 0.3 is 18.0 Å². The van der Waals surface area contributed by atoms with Gasteiger partial charge in [-0.2, -0.15) is 26.3 Å². The number of carbonyl (C=O) groups excluding carboxylic acids is 1. The second-order valence-corrected chi connectivity index (χ2v) is 5.58. The predicted octanol–water partition coefficient (Wildman–Crippen LogP) is 3.61. The Balaban J connectivity index is 2.53. The first-order valence-corrected chi connectivity index (χ1v) is 7.34. The summed E-state index contributed by atoms with van der Waals surface area (Å²) >= 11 is 0. The number of carbonyl (C=O) groups is 1. The molecule has 1 amide bonds. The summed E-state index contributed by atoms with van der Waals surface area (Å²) in [6.45, 7) is 1.42. The topological polar surface area (TPSA) is 55.3 Å². The zero-order valence-electron chi connectivity index (χ0n) is 13.6. The van der Waals surface area contributed by atoms with Crippen LogP contribution in [-0.4, -0.2) is 23.9 Å². The van der Waals surface area contributed by atoms with Gasteiger partial charge in [0, 0.05) is 11.6 Å². The Morgan fingerprint density at radius 2 is 1.56 bits per heavy atom. The van der Waals surface area contributed by atoms with Gasteiger partial charge in [0.25, 0.3) is 11.7 Å². The van der Waals surface area contributed by atoms with Crippen LogP contribution in [0.3, 0.4) is 0 Å². The molecule has 0 unspecified atom stereocenters. The van der Waals surface area contributed by atoms with Crippen molar-refractivity contribution in [3.63, 3.8) is 0 Å². The number of H-pyrrole nitrogens is 1. The molecule has 146 valence electrons. The summed E-state index contributed by atoms with van der Waals surface area (Å²) in [5.74, 6) is -3.39. The number of halogens is 7. The van der Waals surface area contributed by atoms with Crippen LogP contribution >= 0.6 is 0 Å². The molecule has 0 radical (unpaired) electrons. The van der Waals surface area contributed by atoms with Gasteiger partial charge in [-0.25, -0.2) is 14.7 Å². The van der Waals surface area contributed by atoms with Crippen molar-refractivity contribution in [2.24, 2.45) is 0 Å². The minimum Gasteiger partial charge on any atom is -0.296 e. The Kier molecular flexibility index (Phi) is 5.34. The normalized spacial score (nSPS) is 12.6. The number of amides is 1. The van der Waals surface area contributed by atoms with Crippen molar-refractivity contribution in [1.82, 2.24) is 5.32 Å². The van der Waals surface area contributed by atoms with Crippen LogP contribution in [0.1, 0.15) is 16.1 Å². The van der Waals surface area contributed by atoms with E-state index in [0.29, 0.717) is 6.07 Å². The maximum absolute atomic E-state index is 13.5. The van der Waals surface area contributed by atoms with Crippen molar-refractivity contribution in [2.75, 3.05) is 5.32 Å². The molecule has 0 saturated heterocycles. The molecule has 3 N–H and O–H groups in total. The summed E-state index contributed by atoms with van der Waals surface area (Å²) in [6.07, 6.45) is -12.0. The third kappa shape index (κ3) is 4.29.